The van der Waals surface area contributed by atoms with Crippen molar-refractivity contribution < 1.29 is 83.5 Å². The summed E-state index contributed by atoms with van der Waals surface area (Å²) in [7, 11) is -1.06. The molecule has 16 heteroatoms. The second-order valence-corrected chi connectivity index (χ2v) is 18.4. The molecule has 2 N–H and O–H groups in total. The monoisotopic (exact) mass is 1340 g/mol. The van der Waals surface area contributed by atoms with Crippen LogP contribution >= 0.6 is 51.2 Å². The van der Waals surface area contributed by atoms with Crippen molar-refractivity contribution in [1.82, 2.24) is 24.8 Å². The number of nitrogens with zero attached hydrogens (tertiary/aromatic N) is 3. The van der Waals surface area contributed by atoms with Gasteiger partial charge in [0.2, 0.25) is 0 Å². The molecule has 0 radical (unpaired) electrons. The number of pyridine rings is 2. The van der Waals surface area contributed by atoms with Gasteiger partial charge in [-0.3, -0.25) is 9.97 Å². The molecule has 4 aromatic heterocycles. The molecule has 1 saturated carbocycles. The first-order valence-corrected chi connectivity index (χ1v) is 45.3. The number of hydrogen-bond acceptors (Lipinski definition) is 7. The average molecular weight is 1340 g/mol. The van der Waals surface area contributed by atoms with Crippen LogP contribution < -0.4 is 66.9 Å². The van der Waals surface area contributed by atoms with Crippen molar-refractivity contribution in [2.24, 2.45) is 5.92 Å². The third-order valence-corrected chi connectivity index (χ3v) is 13.6. The number of fused-ring (bicyclic) bond motifs is 6. The van der Waals surface area contributed by atoms with Gasteiger partial charge in [-0.25, -0.2) is 4.67 Å². The Labute approximate surface area is 552 Å². The molecule has 10 aromatic rings. The standard InChI is InChI=1S/C24H18N2.C12H10IN.C12H9N.C9H19N.Cu.HI.3K.HO4P/c1-17-15-21(18-9-3-2-4-10-18)25-16-24(17)26-22-13-7-5-11-19(22)20-12-6-8-14-23(20)26;1-9-7-12(14-8-11(9)13)10-5-3-2-4-6-10;1-3-7-11-9(5-1)10-6-2-4-8-12(10)13-11;1-3-8-6-4-5-7-9(8)10-2;;;;;;1-4-5(2)3/h2-16H,1H3;2-8H,1H3;1-8,13H;8-10H,3-7H2,1-2H3;;1H;;;;1H/q;;;;+1;;;;+1;/p-2/t;;;8-,9+;;;;;;/m...1....../s1. The summed E-state index contributed by atoms with van der Waals surface area (Å²) in [6, 6.07) is 59.6. The summed E-state index contributed by atoms with van der Waals surface area (Å²) in [6.45, 7) is 6.57. The molecule has 9 nitrogen and oxygen atoms in total. The summed E-state index contributed by atoms with van der Waals surface area (Å²) in [5.41, 5.74) is 12.8. The van der Waals surface area contributed by atoms with Gasteiger partial charge in [-0.05, 0) is 114 Å². The zero-order valence-electron chi connectivity index (χ0n) is 42.5. The molecule has 366 valence electrons. The quantitative estimate of drug-likeness (QED) is 0.0557. The number of hydrogen-bond donors (Lipinski definition) is 2. The van der Waals surface area contributed by atoms with Gasteiger partial charge in [0.05, 0.1) is 34.3 Å². The predicted octanol–water partition coefficient (Wildman–Crippen LogP) is 10.7. The Balaban J connectivity index is 0.000000211. The van der Waals surface area contributed by atoms with Crippen molar-refractivity contribution >= 4 is 158 Å². The molecule has 73 heavy (non-hydrogen) atoms. The molecule has 6 aromatic carbocycles. The van der Waals surface area contributed by atoms with Crippen molar-refractivity contribution in [2.75, 3.05) is 7.05 Å². The van der Waals surface area contributed by atoms with Crippen LogP contribution in [0, 0.1) is 23.3 Å². The Morgan fingerprint density at radius 2 is 1.10 bits per heavy atom. The fraction of sp³-hybridized carbons (Fsp3) is 0.193. The molecule has 1 aliphatic rings. The minimum absolute atomic E-state index is 0. The molecular formula is C57H56CuI2K3N5O4P. The van der Waals surface area contributed by atoms with Crippen molar-refractivity contribution in [2.45, 2.75) is 58.9 Å². The zero-order valence-corrected chi connectivity index (χ0v) is 58.0. The number of aromatic nitrogens is 4. The zero-order chi connectivity index (χ0) is 51.8. The fourth-order valence-electron chi connectivity index (χ4n) is 8.91. The van der Waals surface area contributed by atoms with E-state index >= 15 is 0 Å². The largest absolute Gasteiger partial charge is 0.355 e. The number of halogens is 2. The van der Waals surface area contributed by atoms with Gasteiger partial charge < -0.3 is 25.0 Å². The molecule has 0 bridgehead atoms. The maximum Gasteiger partial charge on any atom is 0.0464 e. The van der Waals surface area contributed by atoms with Gasteiger partial charge in [0.25, 0.3) is 0 Å². The van der Waals surface area contributed by atoms with E-state index in [9.17, 15) is 0 Å². The number of nitrogens with one attached hydrogen (secondary N) is 2. The van der Waals surface area contributed by atoms with Gasteiger partial charge in [0, 0.05) is 59.5 Å². The normalized spacial score (nSPS) is 13.6. The van der Waals surface area contributed by atoms with Gasteiger partial charge in [0.1, 0.15) is 0 Å². The first-order valence-electron chi connectivity index (χ1n) is 24.1. The summed E-state index contributed by atoms with van der Waals surface area (Å²) in [6.07, 6.45) is 11.0. The molecule has 4 heterocycles. The number of H-pyrrole nitrogens is 1. The van der Waals surface area contributed by atoms with Crippen LogP contribution in [-0.4, -0.2) is 95.8 Å². The van der Waals surface area contributed by atoms with E-state index in [1.165, 1.54) is 159 Å². The van der Waals surface area contributed by atoms with Crippen LogP contribution in [0.3, 0.4) is 0 Å². The van der Waals surface area contributed by atoms with Crippen molar-refractivity contribution in [3.63, 3.8) is 0 Å². The number of aromatic amines is 1. The summed E-state index contributed by atoms with van der Waals surface area (Å²) >= 11 is 10.7. The summed E-state index contributed by atoms with van der Waals surface area (Å²) < 4.78 is 14.9. The Morgan fingerprint density at radius 1 is 0.685 bits per heavy atom. The Morgan fingerprint density at radius 3 is 1.52 bits per heavy atom. The number of rotatable bonds is 6. The topological polar surface area (TPSA) is 131 Å². The van der Waals surface area contributed by atoms with Crippen molar-refractivity contribution in [1.29, 1.82) is 0 Å². The van der Waals surface area contributed by atoms with Gasteiger partial charge in [0.15, 0.2) is 0 Å². The van der Waals surface area contributed by atoms with Crippen LogP contribution in [-0.2, 0) is 22.0 Å². The Kier molecular flexibility index (Phi) is 32.6. The number of para-hydroxylation sites is 4. The van der Waals surface area contributed by atoms with Crippen molar-refractivity contribution in [3.8, 4) is 28.2 Å². The van der Waals surface area contributed by atoms with E-state index in [0.717, 1.165) is 34.6 Å². The molecule has 0 saturated heterocycles. The Bertz CT molecular complexity index is 3110. The van der Waals surface area contributed by atoms with Gasteiger partial charge >= 0.3 is 156 Å². The van der Waals surface area contributed by atoms with Gasteiger partial charge in [-0.15, -0.1) is 0 Å². The summed E-state index contributed by atoms with van der Waals surface area (Å²) in [4.78, 5) is 21.4. The van der Waals surface area contributed by atoms with E-state index in [-0.39, 0.29) is 51.4 Å². The number of aryl methyl sites for hydroxylation is 2. The second-order valence-electron chi connectivity index (χ2n) is 16.6. The minimum atomic E-state index is -3.15. The molecule has 1 aliphatic carbocycles. The van der Waals surface area contributed by atoms with Crippen LogP contribution in [0.25, 0.3) is 71.8 Å². The maximum atomic E-state index is 8.87. The third-order valence-electron chi connectivity index (χ3n) is 12.4. The molecule has 3 atom stereocenters. The molecule has 0 aliphatic heterocycles. The van der Waals surface area contributed by atoms with E-state index in [1.54, 1.807) is 20.3 Å². The summed E-state index contributed by atoms with van der Waals surface area (Å²) in [5.74, 6) is 0.957. The third kappa shape index (κ3) is 19.4. The predicted molar refractivity (Wildman–Crippen MR) is 311 cm³/mol. The van der Waals surface area contributed by atoms with E-state index in [4.69, 9.17) is 19.7 Å². The van der Waals surface area contributed by atoms with Crippen LogP contribution in [0.5, 0.6) is 0 Å². The van der Waals surface area contributed by atoms with Crippen LogP contribution in [0.4, 0.5) is 0 Å². The molecular weight excluding hydrogens is 1280 g/mol. The molecule has 0 spiro atoms. The van der Waals surface area contributed by atoms with Gasteiger partial charge in [-0.1, -0.05) is 160 Å². The molecule has 0 amide bonds. The van der Waals surface area contributed by atoms with Crippen molar-refractivity contribution in [3.05, 3.63) is 197 Å². The van der Waals surface area contributed by atoms with Crippen LogP contribution in [0.1, 0.15) is 50.2 Å². The maximum absolute atomic E-state index is 8.87. The van der Waals surface area contributed by atoms with Crippen LogP contribution in [0.15, 0.2) is 182 Å². The van der Waals surface area contributed by atoms with E-state index < -0.39 is 8.25 Å². The fourth-order valence-corrected chi connectivity index (χ4v) is 9.21. The first-order chi connectivity index (χ1) is 35.2. The first kappa shape index (κ1) is 65.6. The van der Waals surface area contributed by atoms with E-state index in [1.807, 2.05) is 48.8 Å². The van der Waals surface area contributed by atoms with E-state index in [0.29, 0.717) is 0 Å². The minimum Gasteiger partial charge on any atom is -0.355 e. The molecule has 1 unspecified atom stereocenters. The van der Waals surface area contributed by atoms with Crippen LogP contribution in [0.2, 0.25) is 0 Å². The smallest absolute Gasteiger partial charge is 0.0464 e. The molecule has 11 rings (SSSR count). The van der Waals surface area contributed by atoms with E-state index in [2.05, 4.69) is 221 Å². The van der Waals surface area contributed by atoms with Gasteiger partial charge in [-0.2, -0.15) is 0 Å². The molecule has 1 fully saturated rings. The summed E-state index contributed by atoms with van der Waals surface area (Å²) in [5, 5.41) is 17.1. The Hall–Kier alpha value is 0.0486. The number of benzene rings is 6. The SMILES string of the molecule is CC[C@@H]1CCCC[C@@H]1NC.Cc1cc(-c2ccccc2)ncc1-n1c2ccccc2c2ccccc21.Cc1cc(-c2ccccc2)ncc1I.O=[P+]([O-])O[O-].[Cu][I].[K+].[K][K].c1ccc2c(c1)[nH]c1ccccc12. The average Bonchev–Trinajstić information content (AvgIpc) is 4.00. The second kappa shape index (κ2) is 36.3.